The van der Waals surface area contributed by atoms with Crippen molar-refractivity contribution in [3.05, 3.63) is 106 Å². The molecule has 1 aliphatic rings. The van der Waals surface area contributed by atoms with Gasteiger partial charge in [-0.25, -0.2) is 9.78 Å². The molecule has 1 heterocycles. The Morgan fingerprint density at radius 1 is 0.875 bits per heavy atom. The van der Waals surface area contributed by atoms with Crippen molar-refractivity contribution in [3.8, 4) is 10.6 Å². The minimum atomic E-state index is -0.682. The van der Waals surface area contributed by atoms with Gasteiger partial charge < -0.3 is 10.5 Å². The molecule has 3 aromatic carbocycles. The Morgan fingerprint density at radius 3 is 2.31 bits per heavy atom. The molecular formula is C25H16N2O4S. The number of carbonyl (C=O) groups is 3. The van der Waals surface area contributed by atoms with Crippen LogP contribution in [0.5, 0.6) is 0 Å². The average molecular weight is 440 g/mol. The summed E-state index contributed by atoms with van der Waals surface area (Å²) in [6, 6.07) is 19.1. The number of nitrogens with two attached hydrogens (primary N) is 1. The van der Waals surface area contributed by atoms with Gasteiger partial charge in [-0.2, -0.15) is 0 Å². The van der Waals surface area contributed by atoms with Gasteiger partial charge in [0.1, 0.15) is 11.6 Å². The van der Waals surface area contributed by atoms with Crippen LogP contribution >= 0.6 is 11.3 Å². The summed E-state index contributed by atoms with van der Waals surface area (Å²) in [6.07, 6.45) is 0. The number of ether oxygens (including phenoxy) is 1. The van der Waals surface area contributed by atoms with Gasteiger partial charge in [0.05, 0.1) is 22.5 Å². The van der Waals surface area contributed by atoms with E-state index in [9.17, 15) is 14.4 Å². The second-order valence-electron chi connectivity index (χ2n) is 7.24. The first-order valence-electron chi connectivity index (χ1n) is 9.82. The Bertz CT molecular complexity index is 1390. The quantitative estimate of drug-likeness (QED) is 0.326. The number of hydrogen-bond acceptors (Lipinski definition) is 7. The first-order chi connectivity index (χ1) is 15.5. The van der Waals surface area contributed by atoms with Crippen molar-refractivity contribution in [1.82, 2.24) is 4.98 Å². The lowest BCUT2D eigenvalue weighted by molar-refractivity contribution is 0.0469. The van der Waals surface area contributed by atoms with E-state index in [1.165, 1.54) is 23.5 Å². The predicted molar refractivity (Wildman–Crippen MR) is 121 cm³/mol. The molecule has 0 bridgehead atoms. The van der Waals surface area contributed by atoms with Crippen LogP contribution in [0, 0.1) is 0 Å². The van der Waals surface area contributed by atoms with Crippen molar-refractivity contribution in [2.75, 3.05) is 5.73 Å². The van der Waals surface area contributed by atoms with E-state index in [0.29, 0.717) is 11.3 Å². The normalized spacial score (nSPS) is 12.2. The number of anilines is 1. The highest BCUT2D eigenvalue weighted by atomic mass is 32.1. The minimum absolute atomic E-state index is 0.0333. The van der Waals surface area contributed by atoms with Crippen molar-refractivity contribution >= 4 is 34.6 Å². The molecule has 2 N–H and O–H groups in total. The number of hydrogen-bond donors (Lipinski definition) is 1. The monoisotopic (exact) mass is 440 g/mol. The predicted octanol–water partition coefficient (Wildman–Crippen LogP) is 4.52. The molecule has 0 aliphatic heterocycles. The van der Waals surface area contributed by atoms with Crippen molar-refractivity contribution in [1.29, 1.82) is 0 Å². The minimum Gasteiger partial charge on any atom is -0.455 e. The van der Waals surface area contributed by atoms with Crippen LogP contribution in [0.1, 0.15) is 47.9 Å². The van der Waals surface area contributed by atoms with E-state index in [0.717, 1.165) is 10.6 Å². The molecule has 7 heteroatoms. The van der Waals surface area contributed by atoms with Crippen LogP contribution in [0.25, 0.3) is 10.6 Å². The largest absolute Gasteiger partial charge is 0.455 e. The average Bonchev–Trinajstić information content (AvgIpc) is 3.30. The highest BCUT2D eigenvalue weighted by Gasteiger charge is 2.33. The van der Waals surface area contributed by atoms with E-state index in [2.05, 4.69) is 4.98 Å². The third-order valence-corrected chi connectivity index (χ3v) is 6.22. The van der Waals surface area contributed by atoms with E-state index in [1.807, 2.05) is 35.7 Å². The standard InChI is InChI=1S/C25H16N2O4S/c26-21-19(11-10-18-20(21)23(29)17-9-5-4-8-16(17)22(18)28)25(30)31-12-15-13-32-24(27-15)14-6-2-1-3-7-14/h1-11,13H,12,26H2. The first-order valence-corrected chi connectivity index (χ1v) is 10.7. The molecule has 0 atom stereocenters. The first kappa shape index (κ1) is 19.8. The van der Waals surface area contributed by atoms with E-state index in [1.54, 1.807) is 24.3 Å². The molecule has 0 radical (unpaired) electrons. The van der Waals surface area contributed by atoms with E-state index in [-0.39, 0.29) is 46.1 Å². The second kappa shape index (κ2) is 7.86. The summed E-state index contributed by atoms with van der Waals surface area (Å²) in [6.45, 7) is -0.0333. The fraction of sp³-hybridized carbons (Fsp3) is 0.0400. The van der Waals surface area contributed by atoms with Gasteiger partial charge in [-0.3, -0.25) is 9.59 Å². The summed E-state index contributed by atoms with van der Waals surface area (Å²) < 4.78 is 5.40. The van der Waals surface area contributed by atoms with Gasteiger partial charge in [-0.15, -0.1) is 11.3 Å². The highest BCUT2D eigenvalue weighted by Crippen LogP contribution is 2.33. The molecule has 0 saturated heterocycles. The van der Waals surface area contributed by atoms with Crippen LogP contribution in [0.15, 0.2) is 72.1 Å². The number of fused-ring (bicyclic) bond motifs is 2. The van der Waals surface area contributed by atoms with Gasteiger partial charge in [-0.05, 0) is 12.1 Å². The van der Waals surface area contributed by atoms with Crippen molar-refractivity contribution < 1.29 is 19.1 Å². The molecule has 1 aliphatic carbocycles. The number of esters is 1. The van der Waals surface area contributed by atoms with E-state index < -0.39 is 5.97 Å². The zero-order valence-corrected chi connectivity index (χ0v) is 17.5. The van der Waals surface area contributed by atoms with Gasteiger partial charge in [-0.1, -0.05) is 54.6 Å². The number of nitrogens with zero attached hydrogens (tertiary/aromatic N) is 1. The zero-order valence-electron chi connectivity index (χ0n) is 16.7. The van der Waals surface area contributed by atoms with Crippen molar-refractivity contribution in [2.24, 2.45) is 0 Å². The number of nitrogen functional groups attached to an aromatic ring is 1. The second-order valence-corrected chi connectivity index (χ2v) is 8.10. The fourth-order valence-corrected chi connectivity index (χ4v) is 4.50. The molecule has 156 valence electrons. The molecule has 0 amide bonds. The summed E-state index contributed by atoms with van der Waals surface area (Å²) in [5.41, 5.74) is 8.60. The highest BCUT2D eigenvalue weighted by molar-refractivity contribution is 7.13. The van der Waals surface area contributed by atoms with Crippen LogP contribution in [-0.2, 0) is 11.3 Å². The molecule has 32 heavy (non-hydrogen) atoms. The molecule has 1 aromatic heterocycles. The van der Waals surface area contributed by atoms with Gasteiger partial charge in [0.2, 0.25) is 0 Å². The topological polar surface area (TPSA) is 99.3 Å². The van der Waals surface area contributed by atoms with E-state index >= 15 is 0 Å². The van der Waals surface area contributed by atoms with Crippen LogP contribution in [0.3, 0.4) is 0 Å². The zero-order chi connectivity index (χ0) is 22.2. The smallest absolute Gasteiger partial charge is 0.340 e. The van der Waals surface area contributed by atoms with Gasteiger partial charge in [0.15, 0.2) is 11.6 Å². The SMILES string of the molecule is Nc1c(C(=O)OCc2csc(-c3ccccc3)n2)ccc2c1C(=O)c1ccccc1C2=O. The van der Waals surface area contributed by atoms with Crippen molar-refractivity contribution in [2.45, 2.75) is 6.61 Å². The Morgan fingerprint density at radius 2 is 1.56 bits per heavy atom. The molecule has 6 nitrogen and oxygen atoms in total. The molecule has 0 saturated carbocycles. The Kier molecular flexibility index (Phi) is 4.88. The molecule has 0 fully saturated rings. The number of carbonyl (C=O) groups excluding carboxylic acids is 3. The maximum Gasteiger partial charge on any atom is 0.340 e. The third kappa shape index (κ3) is 3.29. The Hall–Kier alpha value is -4.10. The maximum atomic E-state index is 13.0. The Balaban J connectivity index is 1.38. The fourth-order valence-electron chi connectivity index (χ4n) is 3.69. The third-order valence-electron chi connectivity index (χ3n) is 5.28. The van der Waals surface area contributed by atoms with Crippen molar-refractivity contribution in [3.63, 3.8) is 0 Å². The molecule has 0 spiro atoms. The lowest BCUT2D eigenvalue weighted by Gasteiger charge is -2.20. The van der Waals surface area contributed by atoms with Crippen LogP contribution in [0.4, 0.5) is 5.69 Å². The Labute approximate surface area is 187 Å². The lowest BCUT2D eigenvalue weighted by atomic mass is 9.82. The summed E-state index contributed by atoms with van der Waals surface area (Å²) in [5.74, 6) is -1.36. The summed E-state index contributed by atoms with van der Waals surface area (Å²) in [4.78, 5) is 43.0. The molecule has 0 unspecified atom stereocenters. The number of rotatable bonds is 4. The summed E-state index contributed by atoms with van der Waals surface area (Å²) >= 11 is 1.46. The van der Waals surface area contributed by atoms with E-state index in [4.69, 9.17) is 10.5 Å². The van der Waals surface area contributed by atoms with Crippen LogP contribution in [-0.4, -0.2) is 22.5 Å². The number of benzene rings is 3. The van der Waals surface area contributed by atoms with Gasteiger partial charge in [0, 0.05) is 27.6 Å². The summed E-state index contributed by atoms with van der Waals surface area (Å²) in [5, 5.41) is 2.65. The number of ketones is 2. The van der Waals surface area contributed by atoms with Gasteiger partial charge in [0.25, 0.3) is 0 Å². The van der Waals surface area contributed by atoms with Gasteiger partial charge >= 0.3 is 5.97 Å². The lowest BCUT2D eigenvalue weighted by Crippen LogP contribution is -2.24. The van der Waals surface area contributed by atoms with Crippen LogP contribution in [0.2, 0.25) is 0 Å². The van der Waals surface area contributed by atoms with Crippen LogP contribution < -0.4 is 5.73 Å². The maximum absolute atomic E-state index is 13.0. The molecule has 4 aromatic rings. The molecular weight excluding hydrogens is 424 g/mol. The number of thiazole rings is 1. The number of aromatic nitrogens is 1. The summed E-state index contributed by atoms with van der Waals surface area (Å²) in [7, 11) is 0. The molecule has 5 rings (SSSR count).